The van der Waals surface area contributed by atoms with Crippen LogP contribution in [0.3, 0.4) is 0 Å². The van der Waals surface area contributed by atoms with Crippen molar-refractivity contribution in [1.29, 1.82) is 0 Å². The van der Waals surface area contributed by atoms with Crippen molar-refractivity contribution < 1.29 is 5.11 Å². The van der Waals surface area contributed by atoms with Crippen LogP contribution in [0, 0.1) is 0 Å². The quantitative estimate of drug-likeness (QED) is 0.868. The Morgan fingerprint density at radius 1 is 1.50 bits per heavy atom. The van der Waals surface area contributed by atoms with Crippen molar-refractivity contribution in [3.05, 3.63) is 16.4 Å². The number of hydrogen-bond acceptors (Lipinski definition) is 5. The van der Waals surface area contributed by atoms with Crippen LogP contribution in [0.4, 0.5) is 5.69 Å². The standard InChI is InChI=1S/C9H13Cl2N3OS/c1-5(7(4-15)16-2)12-6-3-8(10)13-14-9(6)11/h3,5,7,15H,4H2,1-2H3,(H,12,13). The topological polar surface area (TPSA) is 58.0 Å². The maximum Gasteiger partial charge on any atom is 0.174 e. The largest absolute Gasteiger partial charge is 0.395 e. The molecule has 1 rings (SSSR count). The summed E-state index contributed by atoms with van der Waals surface area (Å²) in [5.74, 6) is 0. The molecule has 0 aromatic carbocycles. The first-order valence-corrected chi connectivity index (χ1v) is 6.71. The smallest absolute Gasteiger partial charge is 0.174 e. The van der Waals surface area contributed by atoms with Crippen LogP contribution in [-0.2, 0) is 0 Å². The normalized spacial score (nSPS) is 14.6. The van der Waals surface area contributed by atoms with E-state index in [9.17, 15) is 0 Å². The Balaban J connectivity index is 2.75. The summed E-state index contributed by atoms with van der Waals surface area (Å²) in [7, 11) is 0. The molecule has 0 bridgehead atoms. The Kier molecular flexibility index (Phi) is 5.61. The van der Waals surface area contributed by atoms with Gasteiger partial charge in [-0.05, 0) is 13.2 Å². The zero-order valence-corrected chi connectivity index (χ0v) is 11.3. The number of anilines is 1. The van der Waals surface area contributed by atoms with E-state index in [0.29, 0.717) is 5.69 Å². The van der Waals surface area contributed by atoms with Crippen LogP contribution in [0.1, 0.15) is 6.92 Å². The summed E-state index contributed by atoms with van der Waals surface area (Å²) in [6.45, 7) is 2.06. The van der Waals surface area contributed by atoms with Gasteiger partial charge in [-0.15, -0.1) is 10.2 Å². The summed E-state index contributed by atoms with van der Waals surface area (Å²) in [4.78, 5) is 0. The molecule has 0 aliphatic carbocycles. The third-order valence-corrected chi connectivity index (χ3v) is 3.77. The third-order valence-electron chi connectivity index (χ3n) is 2.14. The van der Waals surface area contributed by atoms with Crippen molar-refractivity contribution in [2.75, 3.05) is 18.2 Å². The van der Waals surface area contributed by atoms with E-state index in [-0.39, 0.29) is 28.2 Å². The highest BCUT2D eigenvalue weighted by molar-refractivity contribution is 7.99. The molecule has 0 aliphatic heterocycles. The van der Waals surface area contributed by atoms with Gasteiger partial charge in [-0.1, -0.05) is 23.2 Å². The molecule has 16 heavy (non-hydrogen) atoms. The first-order chi connectivity index (χ1) is 7.58. The highest BCUT2D eigenvalue weighted by Gasteiger charge is 2.16. The van der Waals surface area contributed by atoms with E-state index in [4.69, 9.17) is 28.3 Å². The van der Waals surface area contributed by atoms with Crippen LogP contribution in [0.2, 0.25) is 10.3 Å². The molecule has 0 radical (unpaired) electrons. The first-order valence-electron chi connectivity index (χ1n) is 4.67. The maximum absolute atomic E-state index is 9.15. The second-order valence-corrected chi connectivity index (χ2v) is 5.08. The molecule has 0 saturated carbocycles. The summed E-state index contributed by atoms with van der Waals surface area (Å²) in [5.41, 5.74) is 0.627. The molecule has 1 heterocycles. The van der Waals surface area contributed by atoms with Crippen LogP contribution < -0.4 is 5.32 Å². The van der Waals surface area contributed by atoms with Crippen molar-refractivity contribution in [3.8, 4) is 0 Å². The minimum Gasteiger partial charge on any atom is -0.395 e. The van der Waals surface area contributed by atoms with E-state index in [1.165, 1.54) is 0 Å². The van der Waals surface area contributed by atoms with Crippen LogP contribution in [0.5, 0.6) is 0 Å². The van der Waals surface area contributed by atoms with E-state index >= 15 is 0 Å². The van der Waals surface area contributed by atoms with Crippen LogP contribution in [0.25, 0.3) is 0 Å². The Morgan fingerprint density at radius 3 is 2.75 bits per heavy atom. The fourth-order valence-electron chi connectivity index (χ4n) is 1.23. The third kappa shape index (κ3) is 3.66. The maximum atomic E-state index is 9.15. The second kappa shape index (κ2) is 6.49. The van der Waals surface area contributed by atoms with Gasteiger partial charge in [0.1, 0.15) is 0 Å². The number of thioether (sulfide) groups is 1. The van der Waals surface area contributed by atoms with Crippen LogP contribution >= 0.6 is 35.0 Å². The predicted octanol–water partition coefficient (Wildman–Crippen LogP) is 2.31. The lowest BCUT2D eigenvalue weighted by molar-refractivity contribution is 0.288. The van der Waals surface area contributed by atoms with Crippen molar-refractivity contribution in [2.24, 2.45) is 0 Å². The summed E-state index contributed by atoms with van der Waals surface area (Å²) in [6, 6.07) is 1.67. The van der Waals surface area contributed by atoms with E-state index in [0.717, 1.165) is 0 Å². The summed E-state index contributed by atoms with van der Waals surface area (Å²) in [5, 5.41) is 20.3. The lowest BCUT2D eigenvalue weighted by Gasteiger charge is -2.22. The molecular formula is C9H13Cl2N3OS. The molecule has 4 nitrogen and oxygen atoms in total. The molecule has 0 amide bonds. The predicted molar refractivity (Wildman–Crippen MR) is 69.5 cm³/mol. The average Bonchev–Trinajstić information content (AvgIpc) is 2.25. The van der Waals surface area contributed by atoms with Gasteiger partial charge in [0.15, 0.2) is 10.3 Å². The van der Waals surface area contributed by atoms with Gasteiger partial charge in [0, 0.05) is 17.4 Å². The van der Waals surface area contributed by atoms with Crippen molar-refractivity contribution in [1.82, 2.24) is 10.2 Å². The zero-order valence-electron chi connectivity index (χ0n) is 8.94. The minimum absolute atomic E-state index is 0.0535. The van der Waals surface area contributed by atoms with Crippen molar-refractivity contribution in [2.45, 2.75) is 18.2 Å². The van der Waals surface area contributed by atoms with Crippen molar-refractivity contribution >= 4 is 40.7 Å². The highest BCUT2D eigenvalue weighted by Crippen LogP contribution is 2.23. The fraction of sp³-hybridized carbons (Fsp3) is 0.556. The van der Waals surface area contributed by atoms with E-state index in [2.05, 4.69) is 15.5 Å². The number of rotatable bonds is 5. The molecule has 2 N–H and O–H groups in total. The molecule has 90 valence electrons. The van der Waals surface area contributed by atoms with Gasteiger partial charge in [0.2, 0.25) is 0 Å². The Bertz CT molecular complexity index is 350. The Morgan fingerprint density at radius 2 is 2.19 bits per heavy atom. The molecule has 0 saturated heterocycles. The number of hydrogen-bond donors (Lipinski definition) is 2. The number of nitrogens with one attached hydrogen (secondary N) is 1. The molecule has 2 atom stereocenters. The van der Waals surface area contributed by atoms with Gasteiger partial charge in [0.25, 0.3) is 0 Å². The monoisotopic (exact) mass is 281 g/mol. The van der Waals surface area contributed by atoms with Gasteiger partial charge < -0.3 is 10.4 Å². The van der Waals surface area contributed by atoms with Gasteiger partial charge in [-0.25, -0.2) is 0 Å². The molecule has 0 spiro atoms. The average molecular weight is 282 g/mol. The van der Waals surface area contributed by atoms with E-state index in [1.807, 2.05) is 13.2 Å². The summed E-state index contributed by atoms with van der Waals surface area (Å²) >= 11 is 13.2. The summed E-state index contributed by atoms with van der Waals surface area (Å²) < 4.78 is 0. The highest BCUT2D eigenvalue weighted by atomic mass is 35.5. The van der Waals surface area contributed by atoms with Gasteiger partial charge >= 0.3 is 0 Å². The van der Waals surface area contributed by atoms with Gasteiger partial charge in [-0.3, -0.25) is 0 Å². The first kappa shape index (κ1) is 13.8. The zero-order chi connectivity index (χ0) is 12.1. The second-order valence-electron chi connectivity index (χ2n) is 3.26. The molecular weight excluding hydrogens is 269 g/mol. The number of aromatic nitrogens is 2. The number of halogens is 2. The number of aliphatic hydroxyl groups excluding tert-OH is 1. The number of nitrogens with zero attached hydrogens (tertiary/aromatic N) is 2. The van der Waals surface area contributed by atoms with E-state index in [1.54, 1.807) is 17.8 Å². The summed E-state index contributed by atoms with van der Waals surface area (Å²) in [6.07, 6.45) is 1.94. The molecule has 2 unspecified atom stereocenters. The van der Waals surface area contributed by atoms with E-state index < -0.39 is 0 Å². The van der Waals surface area contributed by atoms with Gasteiger partial charge in [0.05, 0.1) is 12.3 Å². The number of aliphatic hydroxyl groups is 1. The van der Waals surface area contributed by atoms with Crippen LogP contribution in [-0.4, -0.2) is 39.5 Å². The lowest BCUT2D eigenvalue weighted by Crippen LogP contribution is -2.31. The van der Waals surface area contributed by atoms with Gasteiger partial charge in [-0.2, -0.15) is 11.8 Å². The Labute approximate surface area is 109 Å². The molecule has 0 aliphatic rings. The SMILES string of the molecule is CSC(CO)C(C)Nc1cc(Cl)nnc1Cl. The molecule has 1 aromatic rings. The molecule has 0 fully saturated rings. The molecule has 7 heteroatoms. The minimum atomic E-state index is 0.0535. The van der Waals surface area contributed by atoms with Crippen molar-refractivity contribution in [3.63, 3.8) is 0 Å². The Hall–Kier alpha value is -0.230. The van der Waals surface area contributed by atoms with Crippen LogP contribution in [0.15, 0.2) is 6.07 Å². The molecule has 1 aromatic heterocycles. The lowest BCUT2D eigenvalue weighted by atomic mass is 10.2. The fourth-order valence-corrected chi connectivity index (χ4v) is 2.15.